The molecule has 10 rings (SSSR count). The molecule has 10 heteroatoms. The zero-order valence-corrected chi connectivity index (χ0v) is 33.5. The van der Waals surface area contributed by atoms with Gasteiger partial charge in [-0.1, -0.05) is 72.8 Å². The molecule has 6 heterocycles. The molecule has 2 saturated heterocycles. The summed E-state index contributed by atoms with van der Waals surface area (Å²) in [7, 11) is 0. The van der Waals surface area contributed by atoms with E-state index in [1.165, 1.54) is 11.1 Å². The molecule has 58 heavy (non-hydrogen) atoms. The van der Waals surface area contributed by atoms with Gasteiger partial charge in [0, 0.05) is 36.9 Å². The van der Waals surface area contributed by atoms with Crippen molar-refractivity contribution in [3.05, 3.63) is 144 Å². The van der Waals surface area contributed by atoms with Crippen LogP contribution in [0.25, 0.3) is 33.2 Å². The minimum Gasteiger partial charge on any atom is -0.441 e. The van der Waals surface area contributed by atoms with E-state index in [-0.39, 0.29) is 36.4 Å². The Kier molecular flexibility index (Phi) is 9.66. The van der Waals surface area contributed by atoms with Crippen LogP contribution in [0.1, 0.15) is 101 Å². The molecule has 2 fully saturated rings. The number of nitrogens with zero attached hydrogens (tertiary/aromatic N) is 4. The molecule has 4 aliphatic rings. The Hall–Kier alpha value is -6.16. The second kappa shape index (κ2) is 15.0. The zero-order chi connectivity index (χ0) is 40.0. The van der Waals surface area contributed by atoms with E-state index in [1.807, 2.05) is 111 Å². The number of hydrogen-bond donors (Lipinski definition) is 2. The molecule has 0 saturated carbocycles. The van der Waals surface area contributed by atoms with Crippen molar-refractivity contribution < 1.29 is 19.1 Å². The molecule has 0 spiro atoms. The molecule has 2 amide bonds. The summed E-state index contributed by atoms with van der Waals surface area (Å²) in [5.41, 5.74) is 10.1. The highest BCUT2D eigenvalue weighted by molar-refractivity contribution is 5.81. The summed E-state index contributed by atoms with van der Waals surface area (Å²) in [5, 5.41) is 0. The van der Waals surface area contributed by atoms with Gasteiger partial charge in [-0.3, -0.25) is 19.8 Å². The van der Waals surface area contributed by atoms with Gasteiger partial charge in [-0.2, -0.15) is 0 Å². The SMILES string of the molecule is CC1(C)OC(=O)N([C@@H]2CC=C(c3cnc4cc[nH]c4c3)CC2)[C@H]1c1ccccc1.CC1(C)OC(=O)N([C@H]2CC=C(c3cnc4cc[nH]c4c3)CC2)[C@H]1c1ccccc1. The van der Waals surface area contributed by atoms with Gasteiger partial charge >= 0.3 is 12.2 Å². The minimum absolute atomic E-state index is 0.0758. The van der Waals surface area contributed by atoms with Gasteiger partial charge < -0.3 is 19.4 Å². The smallest absolute Gasteiger partial charge is 0.411 e. The summed E-state index contributed by atoms with van der Waals surface area (Å²) >= 11 is 0. The normalized spacial score (nSPS) is 23.9. The molecule has 10 nitrogen and oxygen atoms in total. The van der Waals surface area contributed by atoms with Crippen LogP contribution in [0.3, 0.4) is 0 Å². The third-order valence-electron chi connectivity index (χ3n) is 12.3. The van der Waals surface area contributed by atoms with Gasteiger partial charge in [0.25, 0.3) is 0 Å². The fourth-order valence-electron chi connectivity index (χ4n) is 9.55. The number of nitrogens with one attached hydrogen (secondary N) is 2. The van der Waals surface area contributed by atoms with Gasteiger partial charge in [0.05, 0.1) is 34.2 Å². The minimum atomic E-state index is -0.551. The lowest BCUT2D eigenvalue weighted by atomic mass is 9.86. The standard InChI is InChI=1S/2C24H25N3O2/c2*1-24(2)22(17-6-4-3-5-7-17)27(23(28)29-24)19-10-8-16(9-11-19)18-14-21-20(26-15-18)12-13-25-21/h2*3-8,12-15,19,22,25H,9-11H2,1-2H3/t19-,22+;19-,22-/m10/s1. The maximum absolute atomic E-state index is 12.8. The van der Waals surface area contributed by atoms with E-state index in [4.69, 9.17) is 9.47 Å². The number of pyridine rings is 2. The van der Waals surface area contributed by atoms with E-state index in [2.05, 4.69) is 68.5 Å². The van der Waals surface area contributed by atoms with Crippen molar-refractivity contribution in [1.82, 2.24) is 29.7 Å². The third kappa shape index (κ3) is 7.05. The first-order valence-electron chi connectivity index (χ1n) is 20.4. The molecular weight excluding hydrogens is 725 g/mol. The number of benzene rings is 2. The number of fused-ring (bicyclic) bond motifs is 2. The van der Waals surface area contributed by atoms with E-state index < -0.39 is 11.2 Å². The highest BCUT2D eigenvalue weighted by atomic mass is 16.6. The van der Waals surface area contributed by atoms with E-state index in [1.54, 1.807) is 0 Å². The van der Waals surface area contributed by atoms with Crippen LogP contribution in [0, 0.1) is 0 Å². The van der Waals surface area contributed by atoms with Crippen molar-refractivity contribution in [3.8, 4) is 0 Å². The monoisotopic (exact) mass is 774 g/mol. The number of aromatic nitrogens is 4. The summed E-state index contributed by atoms with van der Waals surface area (Å²) in [5.74, 6) is 0. The Labute approximate surface area is 339 Å². The average Bonchev–Trinajstić information content (AvgIpc) is 4.01. The zero-order valence-electron chi connectivity index (χ0n) is 33.5. The maximum atomic E-state index is 12.8. The van der Waals surface area contributed by atoms with Crippen molar-refractivity contribution in [1.29, 1.82) is 0 Å². The lowest BCUT2D eigenvalue weighted by molar-refractivity contribution is 0.0660. The topological polar surface area (TPSA) is 116 Å². The van der Waals surface area contributed by atoms with Crippen molar-refractivity contribution in [2.24, 2.45) is 0 Å². The molecule has 296 valence electrons. The van der Waals surface area contributed by atoms with Crippen molar-refractivity contribution in [2.75, 3.05) is 0 Å². The molecule has 0 radical (unpaired) electrons. The van der Waals surface area contributed by atoms with E-state index in [9.17, 15) is 9.59 Å². The lowest BCUT2D eigenvalue weighted by Gasteiger charge is -2.36. The molecule has 2 N–H and O–H groups in total. The lowest BCUT2D eigenvalue weighted by Crippen LogP contribution is -2.41. The molecular formula is C48H50N6O4. The van der Waals surface area contributed by atoms with Gasteiger partial charge in [-0.15, -0.1) is 0 Å². The van der Waals surface area contributed by atoms with Gasteiger partial charge in [0.1, 0.15) is 11.2 Å². The summed E-state index contributed by atoms with van der Waals surface area (Å²) in [6, 6.07) is 28.9. The molecule has 2 aliphatic heterocycles. The molecule has 4 aromatic heterocycles. The number of ether oxygens (including phenoxy) is 2. The van der Waals surface area contributed by atoms with Crippen molar-refractivity contribution >= 4 is 45.4 Å². The Morgan fingerprint density at radius 1 is 0.603 bits per heavy atom. The number of carbonyl (C=O) groups excluding carboxylic acids is 2. The predicted molar refractivity (Wildman–Crippen MR) is 227 cm³/mol. The van der Waals surface area contributed by atoms with Crippen LogP contribution in [-0.4, -0.2) is 65.2 Å². The van der Waals surface area contributed by atoms with Crippen molar-refractivity contribution in [3.63, 3.8) is 0 Å². The number of cyclic esters (lactones) is 2. The molecule has 0 bridgehead atoms. The van der Waals surface area contributed by atoms with Gasteiger partial charge in [0.15, 0.2) is 0 Å². The first-order chi connectivity index (χ1) is 28.1. The number of H-pyrrole nitrogens is 2. The predicted octanol–water partition coefficient (Wildman–Crippen LogP) is 10.9. The molecule has 0 unspecified atom stereocenters. The van der Waals surface area contributed by atoms with Crippen LogP contribution in [0.4, 0.5) is 9.59 Å². The maximum Gasteiger partial charge on any atom is 0.411 e. The fraction of sp³-hybridized carbons (Fsp3) is 0.333. The Bertz CT molecular complexity index is 2340. The first-order valence-corrected chi connectivity index (χ1v) is 20.4. The number of amides is 2. The van der Waals surface area contributed by atoms with E-state index in [0.717, 1.165) is 82.8 Å². The van der Waals surface area contributed by atoms with Crippen LogP contribution in [0.2, 0.25) is 0 Å². The number of hydrogen-bond acceptors (Lipinski definition) is 6. The highest BCUT2D eigenvalue weighted by Gasteiger charge is 2.52. The van der Waals surface area contributed by atoms with Crippen LogP contribution >= 0.6 is 0 Å². The second-order valence-corrected chi connectivity index (χ2v) is 17.0. The molecule has 2 aromatic carbocycles. The second-order valence-electron chi connectivity index (χ2n) is 17.0. The fourth-order valence-corrected chi connectivity index (χ4v) is 9.55. The summed E-state index contributed by atoms with van der Waals surface area (Å²) in [6.45, 7) is 8.02. The first kappa shape index (κ1) is 37.4. The van der Waals surface area contributed by atoms with E-state index >= 15 is 0 Å². The number of allylic oxidation sites excluding steroid dienone is 2. The number of rotatable bonds is 6. The van der Waals surface area contributed by atoms with Gasteiger partial charge in [-0.05, 0) is 124 Å². The number of carbonyl (C=O) groups is 2. The highest BCUT2D eigenvalue weighted by Crippen LogP contribution is 2.46. The summed E-state index contributed by atoms with van der Waals surface area (Å²) in [6.07, 6.45) is 17.2. The van der Waals surface area contributed by atoms with Crippen LogP contribution in [0.15, 0.2) is 122 Å². The summed E-state index contributed by atoms with van der Waals surface area (Å²) < 4.78 is 11.6. The average molecular weight is 775 g/mol. The Morgan fingerprint density at radius 3 is 1.40 bits per heavy atom. The largest absolute Gasteiger partial charge is 0.441 e. The summed E-state index contributed by atoms with van der Waals surface area (Å²) in [4.78, 5) is 45.1. The number of aromatic amines is 2. The van der Waals surface area contributed by atoms with Crippen LogP contribution in [0.5, 0.6) is 0 Å². The van der Waals surface area contributed by atoms with Crippen molar-refractivity contribution in [2.45, 2.75) is 102 Å². The van der Waals surface area contributed by atoms with Crippen LogP contribution in [-0.2, 0) is 9.47 Å². The van der Waals surface area contributed by atoms with Gasteiger partial charge in [-0.25, -0.2) is 9.59 Å². The van der Waals surface area contributed by atoms with Crippen LogP contribution < -0.4 is 0 Å². The molecule has 2 aliphatic carbocycles. The third-order valence-corrected chi connectivity index (χ3v) is 12.3. The Balaban J connectivity index is 0.000000150. The molecule has 4 atom stereocenters. The van der Waals surface area contributed by atoms with E-state index in [0.29, 0.717) is 0 Å². The van der Waals surface area contributed by atoms with Gasteiger partial charge in [0.2, 0.25) is 0 Å². The quantitative estimate of drug-likeness (QED) is 0.174. The Morgan fingerprint density at radius 2 is 1.02 bits per heavy atom. The molecule has 6 aromatic rings.